The maximum absolute atomic E-state index is 13.3. The van der Waals surface area contributed by atoms with Gasteiger partial charge in [0.25, 0.3) is 5.91 Å². The highest BCUT2D eigenvalue weighted by Gasteiger charge is 2.22. The van der Waals surface area contributed by atoms with Gasteiger partial charge >= 0.3 is 6.03 Å². The lowest BCUT2D eigenvalue weighted by molar-refractivity contribution is 0.0954. The minimum Gasteiger partial charge on any atom is -0.497 e. The van der Waals surface area contributed by atoms with E-state index in [0.29, 0.717) is 35.2 Å². The Hall–Kier alpha value is -4.00. The summed E-state index contributed by atoms with van der Waals surface area (Å²) in [7, 11) is 1.58. The number of benzene rings is 3. The number of hydrogen-bond acceptors (Lipinski definition) is 4. The molecule has 7 heteroatoms. The van der Waals surface area contributed by atoms with E-state index in [4.69, 9.17) is 4.74 Å². The first kappa shape index (κ1) is 25.1. The van der Waals surface area contributed by atoms with Crippen molar-refractivity contribution in [2.45, 2.75) is 26.2 Å². The number of anilines is 3. The molecule has 0 bridgehead atoms. The summed E-state index contributed by atoms with van der Waals surface area (Å²) in [6.07, 6.45) is 2.94. The first-order chi connectivity index (χ1) is 17.5. The van der Waals surface area contributed by atoms with Gasteiger partial charge in [0.1, 0.15) is 5.75 Å². The van der Waals surface area contributed by atoms with Crippen molar-refractivity contribution in [3.05, 3.63) is 83.9 Å². The van der Waals surface area contributed by atoms with Gasteiger partial charge in [-0.05, 0) is 61.1 Å². The Kier molecular flexibility index (Phi) is 8.44. The third-order valence-electron chi connectivity index (χ3n) is 6.49. The zero-order chi connectivity index (χ0) is 25.3. The van der Waals surface area contributed by atoms with Gasteiger partial charge in [0.2, 0.25) is 0 Å². The lowest BCUT2D eigenvalue weighted by Crippen LogP contribution is -2.35. The number of urea groups is 1. The summed E-state index contributed by atoms with van der Waals surface area (Å²) in [4.78, 5) is 28.2. The zero-order valence-corrected chi connectivity index (χ0v) is 20.9. The Labute approximate surface area is 212 Å². The van der Waals surface area contributed by atoms with Crippen molar-refractivity contribution >= 4 is 29.0 Å². The Morgan fingerprint density at radius 3 is 2.36 bits per heavy atom. The fourth-order valence-corrected chi connectivity index (χ4v) is 4.38. The molecule has 1 heterocycles. The number of carbonyl (C=O) groups excluding carboxylic acids is 2. The molecule has 0 radical (unpaired) electrons. The van der Waals surface area contributed by atoms with Crippen molar-refractivity contribution in [2.24, 2.45) is 5.92 Å². The van der Waals surface area contributed by atoms with E-state index in [1.165, 1.54) is 5.56 Å². The van der Waals surface area contributed by atoms with E-state index in [1.54, 1.807) is 31.4 Å². The summed E-state index contributed by atoms with van der Waals surface area (Å²) in [6.45, 7) is 4.62. The molecule has 0 unspecified atom stereocenters. The van der Waals surface area contributed by atoms with Gasteiger partial charge in [-0.15, -0.1) is 0 Å². The van der Waals surface area contributed by atoms with Gasteiger partial charge in [0, 0.05) is 42.8 Å². The smallest absolute Gasteiger partial charge is 0.323 e. The van der Waals surface area contributed by atoms with E-state index >= 15 is 0 Å². The summed E-state index contributed by atoms with van der Waals surface area (Å²) in [5, 5.41) is 8.72. The van der Waals surface area contributed by atoms with E-state index in [9.17, 15) is 9.59 Å². The predicted octanol–water partition coefficient (Wildman–Crippen LogP) is 5.55. The molecule has 1 aliphatic heterocycles. The lowest BCUT2D eigenvalue weighted by atomic mass is 9.97. The van der Waals surface area contributed by atoms with Gasteiger partial charge in [0.05, 0.1) is 12.7 Å². The molecule has 1 saturated heterocycles. The molecule has 188 valence electrons. The summed E-state index contributed by atoms with van der Waals surface area (Å²) in [5.41, 5.74) is 3.81. The third-order valence-corrected chi connectivity index (χ3v) is 6.49. The van der Waals surface area contributed by atoms with Crippen LogP contribution in [0, 0.1) is 5.92 Å². The molecule has 0 aromatic heterocycles. The summed E-state index contributed by atoms with van der Waals surface area (Å²) < 4.78 is 5.21. The minimum absolute atomic E-state index is 0.142. The molecule has 36 heavy (non-hydrogen) atoms. The van der Waals surface area contributed by atoms with Crippen LogP contribution in [0.25, 0.3) is 0 Å². The Bertz CT molecular complexity index is 1170. The standard InChI is InChI=1S/C29H34N4O3/c1-21-14-17-33(18-15-21)27-12-11-24(32-29(35)31-23-9-6-10-25(19-23)36-2)20-26(27)28(34)30-16-13-22-7-4-3-5-8-22/h3-12,19-21H,13-18H2,1-2H3,(H,30,34)(H2,31,32,35). The quantitative estimate of drug-likeness (QED) is 0.390. The number of amides is 3. The molecule has 3 aromatic rings. The number of carbonyl (C=O) groups is 2. The molecule has 0 spiro atoms. The second-order valence-electron chi connectivity index (χ2n) is 9.20. The number of rotatable bonds is 8. The van der Waals surface area contributed by atoms with Gasteiger partial charge in [0.15, 0.2) is 0 Å². The molecular formula is C29H34N4O3. The molecule has 3 N–H and O–H groups in total. The highest BCUT2D eigenvalue weighted by atomic mass is 16.5. The van der Waals surface area contributed by atoms with Crippen LogP contribution in [0.1, 0.15) is 35.7 Å². The van der Waals surface area contributed by atoms with Gasteiger partial charge in [-0.1, -0.05) is 43.3 Å². The molecule has 3 amide bonds. The minimum atomic E-state index is -0.391. The van der Waals surface area contributed by atoms with E-state index in [0.717, 1.165) is 38.0 Å². The second-order valence-corrected chi connectivity index (χ2v) is 9.20. The maximum atomic E-state index is 13.3. The number of ether oxygens (including phenoxy) is 1. The molecular weight excluding hydrogens is 452 g/mol. The molecule has 0 atom stereocenters. The topological polar surface area (TPSA) is 82.7 Å². The molecule has 0 saturated carbocycles. The van der Waals surface area contributed by atoms with E-state index < -0.39 is 6.03 Å². The Morgan fingerprint density at radius 1 is 0.917 bits per heavy atom. The fraction of sp³-hybridized carbons (Fsp3) is 0.310. The number of hydrogen-bond donors (Lipinski definition) is 3. The van der Waals surface area contributed by atoms with Crippen molar-refractivity contribution in [2.75, 3.05) is 42.3 Å². The van der Waals surface area contributed by atoms with Crippen LogP contribution >= 0.6 is 0 Å². The SMILES string of the molecule is COc1cccc(NC(=O)Nc2ccc(N3CCC(C)CC3)c(C(=O)NCCc3ccccc3)c2)c1. The first-order valence-corrected chi connectivity index (χ1v) is 12.4. The average Bonchev–Trinajstić information content (AvgIpc) is 2.90. The van der Waals surface area contributed by atoms with Crippen LogP contribution in [0.15, 0.2) is 72.8 Å². The van der Waals surface area contributed by atoms with Crippen molar-refractivity contribution in [1.29, 1.82) is 0 Å². The van der Waals surface area contributed by atoms with Crippen LogP contribution in [-0.4, -0.2) is 38.7 Å². The summed E-state index contributed by atoms with van der Waals surface area (Å²) in [6, 6.07) is 22.4. The summed E-state index contributed by atoms with van der Waals surface area (Å²) >= 11 is 0. The lowest BCUT2D eigenvalue weighted by Gasteiger charge is -2.33. The number of piperidine rings is 1. The van der Waals surface area contributed by atoms with Crippen molar-refractivity contribution in [1.82, 2.24) is 5.32 Å². The monoisotopic (exact) mass is 486 g/mol. The second kappa shape index (κ2) is 12.1. The van der Waals surface area contributed by atoms with Crippen LogP contribution in [0.2, 0.25) is 0 Å². The van der Waals surface area contributed by atoms with Crippen molar-refractivity contribution < 1.29 is 14.3 Å². The van der Waals surface area contributed by atoms with Gasteiger partial charge in [-0.25, -0.2) is 4.79 Å². The van der Waals surface area contributed by atoms with E-state index in [2.05, 4.69) is 39.9 Å². The Balaban J connectivity index is 1.48. The molecule has 4 rings (SSSR count). The van der Waals surface area contributed by atoms with Gasteiger partial charge in [-0.2, -0.15) is 0 Å². The van der Waals surface area contributed by atoms with Crippen LogP contribution in [0.5, 0.6) is 5.75 Å². The number of nitrogens with zero attached hydrogens (tertiary/aromatic N) is 1. The predicted molar refractivity (Wildman–Crippen MR) is 145 cm³/mol. The number of methoxy groups -OCH3 is 1. The molecule has 1 fully saturated rings. The fourth-order valence-electron chi connectivity index (χ4n) is 4.38. The summed E-state index contributed by atoms with van der Waals surface area (Å²) in [5.74, 6) is 1.20. The highest BCUT2D eigenvalue weighted by Crippen LogP contribution is 2.29. The van der Waals surface area contributed by atoms with Crippen LogP contribution in [-0.2, 0) is 6.42 Å². The van der Waals surface area contributed by atoms with Gasteiger partial charge in [-0.3, -0.25) is 4.79 Å². The largest absolute Gasteiger partial charge is 0.497 e. The van der Waals surface area contributed by atoms with Gasteiger partial charge < -0.3 is 25.6 Å². The molecule has 1 aliphatic rings. The zero-order valence-electron chi connectivity index (χ0n) is 20.9. The molecule has 7 nitrogen and oxygen atoms in total. The highest BCUT2D eigenvalue weighted by molar-refractivity contribution is 6.04. The third kappa shape index (κ3) is 6.78. The number of nitrogens with one attached hydrogen (secondary N) is 3. The molecule has 3 aromatic carbocycles. The maximum Gasteiger partial charge on any atom is 0.323 e. The Morgan fingerprint density at radius 2 is 1.64 bits per heavy atom. The van der Waals surface area contributed by atoms with Crippen molar-refractivity contribution in [3.8, 4) is 5.75 Å². The average molecular weight is 487 g/mol. The molecule has 0 aliphatic carbocycles. The van der Waals surface area contributed by atoms with Crippen LogP contribution in [0.4, 0.5) is 21.9 Å². The van der Waals surface area contributed by atoms with E-state index in [-0.39, 0.29) is 5.91 Å². The van der Waals surface area contributed by atoms with E-state index in [1.807, 2.05) is 36.4 Å². The van der Waals surface area contributed by atoms with Crippen LogP contribution < -0.4 is 25.6 Å². The normalized spacial score (nSPS) is 13.7. The van der Waals surface area contributed by atoms with Crippen LogP contribution in [0.3, 0.4) is 0 Å². The van der Waals surface area contributed by atoms with Crippen molar-refractivity contribution in [3.63, 3.8) is 0 Å². The first-order valence-electron chi connectivity index (χ1n) is 12.4.